The third-order valence-electron chi connectivity index (χ3n) is 2.88. The van der Waals surface area contributed by atoms with E-state index in [-0.39, 0.29) is 56.6 Å². The Balaban J connectivity index is -0.000000112. The van der Waals surface area contributed by atoms with Crippen LogP contribution < -0.4 is 24.8 Å². The standard InChI is InChI=1S/C9H13.C6H16NSi.2ClH.Zr/c1-6-5-7(2)9(4)8(6)3;1-6(2,3)7-8(4)5;;;/h6H,1-4H3;8H,1-5H3;2*1H;/q2*-1;;;+4/p-2. The molecular formula is C15H29Cl2NSiZr. The normalized spacial score (nSPS) is 17.3. The summed E-state index contributed by atoms with van der Waals surface area (Å²) in [4.78, 5) is 4.55. The van der Waals surface area contributed by atoms with Crippen LogP contribution in [-0.4, -0.2) is 14.5 Å². The Labute approximate surface area is 160 Å². The summed E-state index contributed by atoms with van der Waals surface area (Å²) in [6.45, 7) is 19.6. The zero-order valence-electron chi connectivity index (χ0n) is 14.4. The van der Waals surface area contributed by atoms with Crippen LogP contribution in [0.3, 0.4) is 0 Å². The topological polar surface area (TPSA) is 14.1 Å². The van der Waals surface area contributed by atoms with E-state index in [9.17, 15) is 0 Å². The van der Waals surface area contributed by atoms with Crippen LogP contribution in [0, 0.1) is 12.0 Å². The molecule has 0 saturated heterocycles. The van der Waals surface area contributed by atoms with Crippen molar-refractivity contribution in [2.45, 2.75) is 67.1 Å². The molecule has 0 aromatic carbocycles. The van der Waals surface area contributed by atoms with Crippen LogP contribution in [0.15, 0.2) is 16.7 Å². The Kier molecular flexibility index (Phi) is 18.4. The maximum Gasteiger partial charge on any atom is 4.00 e. The van der Waals surface area contributed by atoms with E-state index < -0.39 is 8.96 Å². The van der Waals surface area contributed by atoms with Crippen LogP contribution in [0.1, 0.15) is 48.5 Å². The summed E-state index contributed by atoms with van der Waals surface area (Å²) in [7, 11) is -0.671. The quantitative estimate of drug-likeness (QED) is 0.382. The van der Waals surface area contributed by atoms with E-state index in [4.69, 9.17) is 0 Å². The van der Waals surface area contributed by atoms with Crippen molar-refractivity contribution in [3.8, 4) is 0 Å². The summed E-state index contributed by atoms with van der Waals surface area (Å²) in [5.74, 6) is 0.560. The molecule has 0 aromatic rings. The zero-order valence-corrected chi connectivity index (χ0v) is 19.5. The first-order valence-electron chi connectivity index (χ1n) is 6.54. The molecule has 0 amide bonds. The molecule has 0 bridgehead atoms. The van der Waals surface area contributed by atoms with E-state index >= 15 is 0 Å². The van der Waals surface area contributed by atoms with Gasteiger partial charge in [0.05, 0.1) is 0 Å². The fourth-order valence-corrected chi connectivity index (χ4v) is 3.49. The maximum atomic E-state index is 4.55. The largest absolute Gasteiger partial charge is 4.00 e. The van der Waals surface area contributed by atoms with Crippen LogP contribution in [0.4, 0.5) is 0 Å². The molecule has 20 heavy (non-hydrogen) atoms. The number of hydrogen-bond acceptors (Lipinski definition) is 0. The van der Waals surface area contributed by atoms with E-state index in [1.165, 1.54) is 16.7 Å². The van der Waals surface area contributed by atoms with Gasteiger partial charge in [0.1, 0.15) is 0 Å². The second-order valence-corrected chi connectivity index (χ2v) is 8.64. The molecule has 0 aromatic heterocycles. The summed E-state index contributed by atoms with van der Waals surface area (Å²) in [6.07, 6.45) is 3.36. The molecule has 0 heterocycles. The number of nitrogens with zero attached hydrogens (tertiary/aromatic N) is 1. The van der Waals surface area contributed by atoms with E-state index in [1.54, 1.807) is 0 Å². The minimum absolute atomic E-state index is 0. The van der Waals surface area contributed by atoms with Crippen molar-refractivity contribution in [1.29, 1.82) is 0 Å². The molecule has 5 heteroatoms. The van der Waals surface area contributed by atoms with Gasteiger partial charge in [-0.15, -0.1) is 12.5 Å². The molecule has 1 rings (SSSR count). The molecule has 0 saturated carbocycles. The summed E-state index contributed by atoms with van der Waals surface area (Å²) < 4.78 is 0. The van der Waals surface area contributed by atoms with Gasteiger partial charge in [-0.1, -0.05) is 69.5 Å². The molecule has 1 aliphatic carbocycles. The van der Waals surface area contributed by atoms with Gasteiger partial charge in [0.2, 0.25) is 0 Å². The summed E-state index contributed by atoms with van der Waals surface area (Å²) in [5.41, 5.74) is 4.45. The summed E-state index contributed by atoms with van der Waals surface area (Å²) in [5, 5.41) is 0. The van der Waals surface area contributed by atoms with Gasteiger partial charge in [0.25, 0.3) is 0 Å². The molecule has 0 N–H and O–H groups in total. The van der Waals surface area contributed by atoms with E-state index in [0.717, 1.165) is 0 Å². The van der Waals surface area contributed by atoms with Gasteiger partial charge in [-0.25, -0.2) is 5.57 Å². The number of hydrogen-bond donors (Lipinski definition) is 0. The number of rotatable bonds is 1. The van der Waals surface area contributed by atoms with E-state index in [0.29, 0.717) is 5.92 Å². The van der Waals surface area contributed by atoms with Crippen LogP contribution in [0.25, 0.3) is 4.98 Å². The van der Waals surface area contributed by atoms with Crippen LogP contribution >= 0.6 is 0 Å². The van der Waals surface area contributed by atoms with Crippen molar-refractivity contribution in [3.63, 3.8) is 0 Å². The predicted molar refractivity (Wildman–Crippen MR) is 82.0 cm³/mol. The molecule has 0 aliphatic heterocycles. The minimum Gasteiger partial charge on any atom is -1.00 e. The maximum absolute atomic E-state index is 4.55. The van der Waals surface area contributed by atoms with Gasteiger partial charge < -0.3 is 29.8 Å². The third-order valence-corrected chi connectivity index (χ3v) is 4.17. The molecule has 0 spiro atoms. The predicted octanol–water partition coefficient (Wildman–Crippen LogP) is -1.13. The molecule has 0 radical (unpaired) electrons. The molecule has 1 unspecified atom stereocenters. The third kappa shape index (κ3) is 12.8. The zero-order chi connectivity index (χ0) is 13.8. The van der Waals surface area contributed by atoms with E-state index in [1.807, 2.05) is 0 Å². The van der Waals surface area contributed by atoms with Crippen molar-refractivity contribution in [2.75, 3.05) is 0 Å². The Morgan fingerprint density at radius 2 is 1.45 bits per heavy atom. The molecule has 116 valence electrons. The number of allylic oxidation sites excluding steroid dienone is 4. The van der Waals surface area contributed by atoms with Gasteiger partial charge in [-0.05, 0) is 0 Å². The molecular weight excluding hydrogens is 384 g/mol. The Bertz CT molecular complexity index is 320. The number of halogens is 2. The minimum atomic E-state index is -0.671. The smallest absolute Gasteiger partial charge is 1.00 e. The first kappa shape index (κ1) is 29.2. The van der Waals surface area contributed by atoms with Gasteiger partial charge in [0.15, 0.2) is 0 Å². The first-order chi connectivity index (χ1) is 7.54. The SMILES string of the molecule is CC1=[C-]C(C)C(C)=C1C.C[SiH](C)[N-]C(C)(C)C.[Cl-].[Cl-].[Zr+4]. The van der Waals surface area contributed by atoms with Gasteiger partial charge >= 0.3 is 26.2 Å². The molecule has 0 fully saturated rings. The van der Waals surface area contributed by atoms with Crippen LogP contribution in [-0.2, 0) is 26.2 Å². The second-order valence-electron chi connectivity index (χ2n) is 6.19. The van der Waals surface area contributed by atoms with Crippen molar-refractivity contribution in [3.05, 3.63) is 27.8 Å². The van der Waals surface area contributed by atoms with Gasteiger partial charge in [-0.2, -0.15) is 11.1 Å². The summed E-state index contributed by atoms with van der Waals surface area (Å²) >= 11 is 0. The van der Waals surface area contributed by atoms with Crippen molar-refractivity contribution >= 4 is 8.96 Å². The van der Waals surface area contributed by atoms with Crippen molar-refractivity contribution in [1.82, 2.24) is 0 Å². The van der Waals surface area contributed by atoms with Crippen LogP contribution in [0.2, 0.25) is 13.1 Å². The fraction of sp³-hybridized carbons (Fsp3) is 0.733. The summed E-state index contributed by atoms with van der Waals surface area (Å²) in [6, 6.07) is 0. The average molecular weight is 414 g/mol. The average Bonchev–Trinajstić information content (AvgIpc) is 2.30. The van der Waals surface area contributed by atoms with Gasteiger partial charge in [-0.3, -0.25) is 6.08 Å². The Hall–Kier alpha value is 1.12. The van der Waals surface area contributed by atoms with Crippen molar-refractivity contribution in [2.24, 2.45) is 5.92 Å². The van der Waals surface area contributed by atoms with Crippen LogP contribution in [0.5, 0.6) is 0 Å². The van der Waals surface area contributed by atoms with Crippen molar-refractivity contribution < 1.29 is 51.0 Å². The monoisotopic (exact) mass is 411 g/mol. The molecule has 1 aliphatic rings. The molecule has 1 atom stereocenters. The molecule has 1 nitrogen and oxygen atoms in total. The Morgan fingerprint density at radius 3 is 1.50 bits per heavy atom. The van der Waals surface area contributed by atoms with E-state index in [2.05, 4.69) is 72.6 Å². The fourth-order valence-electron chi connectivity index (χ4n) is 1.94. The first-order valence-corrected chi connectivity index (χ1v) is 9.37. The Morgan fingerprint density at radius 1 is 1.05 bits per heavy atom. The second kappa shape index (κ2) is 12.6. The van der Waals surface area contributed by atoms with Gasteiger partial charge in [0, 0.05) is 0 Å².